The van der Waals surface area contributed by atoms with E-state index in [1.807, 2.05) is 0 Å². The zero-order valence-corrected chi connectivity index (χ0v) is 11.6. The smallest absolute Gasteiger partial charge is 0.140 e. The lowest BCUT2D eigenvalue weighted by Crippen LogP contribution is -1.93. The van der Waals surface area contributed by atoms with Crippen molar-refractivity contribution in [2.45, 2.75) is 16.4 Å². The fourth-order valence-electron chi connectivity index (χ4n) is 1.42. The van der Waals surface area contributed by atoms with Gasteiger partial charge in [-0.1, -0.05) is 27.7 Å². The van der Waals surface area contributed by atoms with Crippen molar-refractivity contribution >= 4 is 27.7 Å². The first kappa shape index (κ1) is 13.5. The first-order valence-electron chi connectivity index (χ1n) is 5.12. The van der Waals surface area contributed by atoms with Gasteiger partial charge in [0.1, 0.15) is 11.6 Å². The molecule has 18 heavy (non-hydrogen) atoms. The van der Waals surface area contributed by atoms with E-state index in [4.69, 9.17) is 5.11 Å². The van der Waals surface area contributed by atoms with Crippen molar-refractivity contribution in [2.75, 3.05) is 0 Å². The van der Waals surface area contributed by atoms with Gasteiger partial charge in [0, 0.05) is 9.37 Å². The van der Waals surface area contributed by atoms with E-state index in [0.717, 1.165) is 33.3 Å². The standard InChI is InChI=1S/C13H9BrF2OS/c14-9-1-3-10(4-2-9)18-13-11(15)5-8(7-17)6-12(13)16/h1-6,17H,7H2. The molecule has 94 valence electrons. The van der Waals surface area contributed by atoms with Crippen molar-refractivity contribution in [3.05, 3.63) is 58.1 Å². The van der Waals surface area contributed by atoms with Crippen LogP contribution in [0.4, 0.5) is 8.78 Å². The van der Waals surface area contributed by atoms with Crippen molar-refractivity contribution in [2.24, 2.45) is 0 Å². The van der Waals surface area contributed by atoms with Gasteiger partial charge < -0.3 is 5.11 Å². The highest BCUT2D eigenvalue weighted by Gasteiger charge is 2.12. The van der Waals surface area contributed by atoms with Crippen LogP contribution in [0.2, 0.25) is 0 Å². The average Bonchev–Trinajstić information content (AvgIpc) is 2.35. The predicted molar refractivity (Wildman–Crippen MR) is 70.5 cm³/mol. The molecule has 0 spiro atoms. The van der Waals surface area contributed by atoms with Crippen LogP contribution in [0.25, 0.3) is 0 Å². The molecule has 0 aliphatic carbocycles. The molecule has 0 bridgehead atoms. The summed E-state index contributed by atoms with van der Waals surface area (Å²) in [7, 11) is 0. The molecule has 0 aliphatic heterocycles. The predicted octanol–water partition coefficient (Wildman–Crippen LogP) is 4.37. The van der Waals surface area contributed by atoms with Gasteiger partial charge in [-0.25, -0.2) is 8.78 Å². The second kappa shape index (κ2) is 5.82. The maximum atomic E-state index is 13.7. The number of benzene rings is 2. The van der Waals surface area contributed by atoms with Crippen LogP contribution in [0.5, 0.6) is 0 Å². The van der Waals surface area contributed by atoms with Gasteiger partial charge in [-0.3, -0.25) is 0 Å². The average molecular weight is 331 g/mol. The highest BCUT2D eigenvalue weighted by atomic mass is 79.9. The van der Waals surface area contributed by atoms with Crippen LogP contribution in [0.1, 0.15) is 5.56 Å². The second-order valence-corrected chi connectivity index (χ2v) is 5.60. The summed E-state index contributed by atoms with van der Waals surface area (Å²) >= 11 is 4.31. The highest BCUT2D eigenvalue weighted by Crippen LogP contribution is 2.33. The quantitative estimate of drug-likeness (QED) is 0.901. The molecule has 0 aliphatic rings. The molecule has 0 unspecified atom stereocenters. The Morgan fingerprint density at radius 1 is 1.06 bits per heavy atom. The van der Waals surface area contributed by atoms with E-state index in [1.54, 1.807) is 24.3 Å². The number of aliphatic hydroxyl groups excluding tert-OH is 1. The molecule has 2 aromatic carbocycles. The molecule has 0 saturated heterocycles. The molecule has 1 N–H and O–H groups in total. The Balaban J connectivity index is 2.31. The van der Waals surface area contributed by atoms with Crippen molar-refractivity contribution < 1.29 is 13.9 Å². The van der Waals surface area contributed by atoms with Crippen LogP contribution < -0.4 is 0 Å². The summed E-state index contributed by atoms with van der Waals surface area (Å²) in [6.07, 6.45) is 0. The summed E-state index contributed by atoms with van der Waals surface area (Å²) in [4.78, 5) is 0.683. The van der Waals surface area contributed by atoms with Crippen LogP contribution in [0.3, 0.4) is 0 Å². The molecule has 2 aromatic rings. The van der Waals surface area contributed by atoms with Gasteiger partial charge in [-0.2, -0.15) is 0 Å². The molecule has 1 nitrogen and oxygen atoms in total. The van der Waals surface area contributed by atoms with Crippen LogP contribution in [0, 0.1) is 11.6 Å². The van der Waals surface area contributed by atoms with E-state index in [-0.39, 0.29) is 17.1 Å². The molecule has 0 saturated carbocycles. The van der Waals surface area contributed by atoms with Gasteiger partial charge in [0.05, 0.1) is 11.5 Å². The summed E-state index contributed by atoms with van der Waals surface area (Å²) in [6, 6.07) is 9.44. The molecule has 0 fully saturated rings. The Kier molecular flexibility index (Phi) is 4.37. The van der Waals surface area contributed by atoms with Gasteiger partial charge in [-0.15, -0.1) is 0 Å². The third kappa shape index (κ3) is 3.10. The summed E-state index contributed by atoms with van der Waals surface area (Å²) in [5.74, 6) is -1.32. The number of rotatable bonds is 3. The van der Waals surface area contributed by atoms with Gasteiger partial charge >= 0.3 is 0 Å². The van der Waals surface area contributed by atoms with Crippen LogP contribution in [-0.4, -0.2) is 5.11 Å². The fourth-order valence-corrected chi connectivity index (χ4v) is 2.51. The van der Waals surface area contributed by atoms with E-state index < -0.39 is 11.6 Å². The Hall–Kier alpha value is -0.910. The number of halogens is 3. The number of hydrogen-bond acceptors (Lipinski definition) is 2. The molecule has 5 heteroatoms. The zero-order chi connectivity index (χ0) is 13.1. The van der Waals surface area contributed by atoms with E-state index in [0.29, 0.717) is 0 Å². The molecule has 0 aromatic heterocycles. The lowest BCUT2D eigenvalue weighted by Gasteiger charge is -2.06. The Bertz CT molecular complexity index is 534. The monoisotopic (exact) mass is 330 g/mol. The molecule has 0 amide bonds. The largest absolute Gasteiger partial charge is 0.392 e. The summed E-state index contributed by atoms with van der Waals surface area (Å²) in [6.45, 7) is -0.378. The minimum absolute atomic E-state index is 0.0606. The van der Waals surface area contributed by atoms with Crippen molar-refractivity contribution in [1.82, 2.24) is 0 Å². The lowest BCUT2D eigenvalue weighted by atomic mass is 10.2. The molecule has 0 heterocycles. The minimum atomic E-state index is -0.660. The van der Waals surface area contributed by atoms with Gasteiger partial charge in [0.25, 0.3) is 0 Å². The SMILES string of the molecule is OCc1cc(F)c(Sc2ccc(Br)cc2)c(F)c1. The summed E-state index contributed by atoms with van der Waals surface area (Å²) in [5.41, 5.74) is 0.227. The Morgan fingerprint density at radius 2 is 1.61 bits per heavy atom. The zero-order valence-electron chi connectivity index (χ0n) is 9.16. The molecule has 0 atom stereocenters. The van der Waals surface area contributed by atoms with Crippen LogP contribution in [-0.2, 0) is 6.61 Å². The lowest BCUT2D eigenvalue weighted by molar-refractivity contribution is 0.280. The molecule has 2 rings (SSSR count). The Labute approximate surface area is 116 Å². The molecular weight excluding hydrogens is 322 g/mol. The number of aliphatic hydroxyl groups is 1. The maximum Gasteiger partial charge on any atom is 0.140 e. The van der Waals surface area contributed by atoms with Crippen LogP contribution in [0.15, 0.2) is 50.7 Å². The van der Waals surface area contributed by atoms with E-state index in [2.05, 4.69) is 15.9 Å². The van der Waals surface area contributed by atoms with E-state index >= 15 is 0 Å². The third-order valence-electron chi connectivity index (χ3n) is 2.27. The van der Waals surface area contributed by atoms with Gasteiger partial charge in [0.15, 0.2) is 0 Å². The van der Waals surface area contributed by atoms with E-state index in [9.17, 15) is 8.78 Å². The first-order chi connectivity index (χ1) is 8.60. The second-order valence-electron chi connectivity index (χ2n) is 3.60. The summed E-state index contributed by atoms with van der Waals surface area (Å²) < 4.78 is 28.3. The normalized spacial score (nSPS) is 10.7. The van der Waals surface area contributed by atoms with Gasteiger partial charge in [-0.05, 0) is 42.0 Å². The third-order valence-corrected chi connectivity index (χ3v) is 3.90. The molecule has 0 radical (unpaired) electrons. The number of hydrogen-bond donors (Lipinski definition) is 1. The minimum Gasteiger partial charge on any atom is -0.392 e. The Morgan fingerprint density at radius 3 is 2.11 bits per heavy atom. The maximum absolute atomic E-state index is 13.7. The van der Waals surface area contributed by atoms with Crippen LogP contribution >= 0.6 is 27.7 Å². The van der Waals surface area contributed by atoms with E-state index in [1.165, 1.54) is 0 Å². The van der Waals surface area contributed by atoms with Crippen molar-refractivity contribution in [3.8, 4) is 0 Å². The van der Waals surface area contributed by atoms with Crippen molar-refractivity contribution in [1.29, 1.82) is 0 Å². The molecular formula is C13H9BrF2OS. The topological polar surface area (TPSA) is 20.2 Å². The fraction of sp³-hybridized carbons (Fsp3) is 0.0769. The van der Waals surface area contributed by atoms with Gasteiger partial charge in [0.2, 0.25) is 0 Å². The highest BCUT2D eigenvalue weighted by molar-refractivity contribution is 9.10. The summed E-state index contributed by atoms with van der Waals surface area (Å²) in [5, 5.41) is 8.85. The first-order valence-corrected chi connectivity index (χ1v) is 6.73. The van der Waals surface area contributed by atoms with Crippen molar-refractivity contribution in [3.63, 3.8) is 0 Å².